The van der Waals surface area contributed by atoms with Crippen molar-refractivity contribution in [2.24, 2.45) is 5.41 Å². The van der Waals surface area contributed by atoms with Crippen molar-refractivity contribution in [2.75, 3.05) is 0 Å². The second-order valence-corrected chi connectivity index (χ2v) is 7.82. The van der Waals surface area contributed by atoms with E-state index in [1.54, 1.807) is 0 Å². The van der Waals surface area contributed by atoms with Gasteiger partial charge < -0.3 is 5.11 Å². The molecule has 1 aromatic carbocycles. The van der Waals surface area contributed by atoms with Crippen LogP contribution in [0.3, 0.4) is 0 Å². The van der Waals surface area contributed by atoms with Crippen molar-refractivity contribution in [3.63, 3.8) is 0 Å². The summed E-state index contributed by atoms with van der Waals surface area (Å²) in [7, 11) is -4.23. The van der Waals surface area contributed by atoms with E-state index < -0.39 is 37.7 Å². The van der Waals surface area contributed by atoms with E-state index in [9.17, 15) is 22.7 Å². The number of sulfonamides is 1. The van der Waals surface area contributed by atoms with Gasteiger partial charge in [0, 0.05) is 10.6 Å². The number of carbonyl (C=O) groups is 1. The molecule has 0 aliphatic heterocycles. The van der Waals surface area contributed by atoms with Crippen LogP contribution in [0.1, 0.15) is 27.7 Å². The normalized spacial score (nSPS) is 13.2. The van der Waals surface area contributed by atoms with E-state index in [0.717, 1.165) is 12.1 Å². The van der Waals surface area contributed by atoms with Crippen LogP contribution in [-0.4, -0.2) is 25.0 Å². The molecule has 0 aliphatic carbocycles. The Balaban J connectivity index is 3.25. The van der Waals surface area contributed by atoms with Gasteiger partial charge in [-0.2, -0.15) is 0 Å². The molecule has 0 bridgehead atoms. The van der Waals surface area contributed by atoms with Gasteiger partial charge in [0.2, 0.25) is 10.0 Å². The van der Waals surface area contributed by atoms with E-state index in [0.29, 0.717) is 0 Å². The van der Waals surface area contributed by atoms with Gasteiger partial charge in [-0.25, -0.2) is 17.5 Å². The smallest absolute Gasteiger partial charge is 0.310 e. The van der Waals surface area contributed by atoms with E-state index in [1.165, 1.54) is 33.8 Å². The molecule has 0 aliphatic rings. The largest absolute Gasteiger partial charge is 0.481 e. The number of halogens is 2. The zero-order valence-electron chi connectivity index (χ0n) is 12.1. The number of rotatable bonds is 5. The lowest BCUT2D eigenvalue weighted by Crippen LogP contribution is -2.56. The van der Waals surface area contributed by atoms with Gasteiger partial charge >= 0.3 is 5.97 Å². The first kappa shape index (κ1) is 17.9. The maximum atomic E-state index is 13.8. The SMILES string of the molecule is CC(C)(NS(=O)(=O)c1ccc(Cl)cc1F)C(C)(C)C(=O)O. The maximum absolute atomic E-state index is 13.8. The Kier molecular flexibility index (Phi) is 4.72. The van der Waals surface area contributed by atoms with E-state index in [4.69, 9.17) is 11.6 Å². The third-order valence-corrected chi connectivity index (χ3v) is 5.59. The molecule has 0 radical (unpaired) electrons. The van der Waals surface area contributed by atoms with E-state index >= 15 is 0 Å². The van der Waals surface area contributed by atoms with Crippen molar-refractivity contribution in [1.29, 1.82) is 0 Å². The third-order valence-electron chi connectivity index (χ3n) is 3.67. The van der Waals surface area contributed by atoms with Crippen LogP contribution in [0.4, 0.5) is 4.39 Å². The summed E-state index contributed by atoms with van der Waals surface area (Å²) in [5.41, 5.74) is -2.74. The molecule has 0 fully saturated rings. The highest BCUT2D eigenvalue weighted by molar-refractivity contribution is 7.89. The lowest BCUT2D eigenvalue weighted by atomic mass is 9.75. The summed E-state index contributed by atoms with van der Waals surface area (Å²) in [4.78, 5) is 10.7. The Bertz CT molecular complexity index is 671. The minimum atomic E-state index is -4.23. The fourth-order valence-corrected chi connectivity index (χ4v) is 3.24. The van der Waals surface area contributed by atoms with Crippen molar-refractivity contribution in [2.45, 2.75) is 38.1 Å². The highest BCUT2D eigenvalue weighted by Gasteiger charge is 2.46. The molecular weight excluding hydrogens is 321 g/mol. The monoisotopic (exact) mass is 337 g/mol. The summed E-state index contributed by atoms with van der Waals surface area (Å²) in [6.07, 6.45) is 0. The number of hydrogen-bond donors (Lipinski definition) is 2. The van der Waals surface area contributed by atoms with Crippen LogP contribution >= 0.6 is 11.6 Å². The van der Waals surface area contributed by atoms with Gasteiger partial charge in [-0.15, -0.1) is 0 Å². The molecule has 21 heavy (non-hydrogen) atoms. The number of nitrogens with one attached hydrogen (secondary N) is 1. The van der Waals surface area contributed by atoms with Crippen LogP contribution < -0.4 is 4.72 Å². The van der Waals surface area contributed by atoms with Crippen molar-refractivity contribution in [1.82, 2.24) is 4.72 Å². The number of hydrogen-bond acceptors (Lipinski definition) is 3. The second-order valence-electron chi connectivity index (χ2n) is 5.74. The molecule has 0 spiro atoms. The molecule has 2 N–H and O–H groups in total. The molecule has 0 heterocycles. The van der Waals surface area contributed by atoms with Gasteiger partial charge in [-0.3, -0.25) is 4.79 Å². The maximum Gasteiger partial charge on any atom is 0.310 e. The van der Waals surface area contributed by atoms with Gasteiger partial charge in [0.25, 0.3) is 0 Å². The Morgan fingerprint density at radius 2 is 1.81 bits per heavy atom. The van der Waals surface area contributed by atoms with Crippen LogP contribution in [0.25, 0.3) is 0 Å². The van der Waals surface area contributed by atoms with E-state index in [2.05, 4.69) is 4.72 Å². The minimum Gasteiger partial charge on any atom is -0.481 e. The lowest BCUT2D eigenvalue weighted by Gasteiger charge is -2.38. The molecule has 0 atom stereocenters. The summed E-state index contributed by atoms with van der Waals surface area (Å²) in [6.45, 7) is 5.62. The van der Waals surface area contributed by atoms with Crippen molar-refractivity contribution >= 4 is 27.6 Å². The number of carboxylic acids is 1. The zero-order chi connectivity index (χ0) is 16.6. The molecule has 118 valence electrons. The topological polar surface area (TPSA) is 83.5 Å². The van der Waals surface area contributed by atoms with Crippen LogP contribution in [0, 0.1) is 11.2 Å². The average Bonchev–Trinajstić information content (AvgIpc) is 2.25. The summed E-state index contributed by atoms with van der Waals surface area (Å²) in [5.74, 6) is -2.18. The van der Waals surface area contributed by atoms with Gasteiger partial charge in [0.1, 0.15) is 10.7 Å². The number of benzene rings is 1. The summed E-state index contributed by atoms with van der Waals surface area (Å²) in [5, 5.41) is 9.28. The van der Waals surface area contributed by atoms with Crippen LogP contribution in [0.15, 0.2) is 23.1 Å². The lowest BCUT2D eigenvalue weighted by molar-refractivity contribution is -0.150. The highest BCUT2D eigenvalue weighted by atomic mass is 35.5. The van der Waals surface area contributed by atoms with Crippen LogP contribution in [0.5, 0.6) is 0 Å². The van der Waals surface area contributed by atoms with Crippen LogP contribution in [-0.2, 0) is 14.8 Å². The molecule has 0 amide bonds. The van der Waals surface area contributed by atoms with E-state index in [-0.39, 0.29) is 5.02 Å². The molecule has 8 heteroatoms. The van der Waals surface area contributed by atoms with Gasteiger partial charge in [0.05, 0.1) is 5.41 Å². The third kappa shape index (κ3) is 3.53. The Labute approximate surface area is 128 Å². The van der Waals surface area contributed by atoms with Gasteiger partial charge in [-0.05, 0) is 45.9 Å². The Hall–Kier alpha value is -1.18. The first-order valence-corrected chi connectivity index (χ1v) is 7.90. The fraction of sp³-hybridized carbons (Fsp3) is 0.462. The predicted octanol–water partition coefficient (Wildman–Crippen LogP) is 2.65. The molecule has 1 aromatic rings. The first-order valence-electron chi connectivity index (χ1n) is 6.04. The summed E-state index contributed by atoms with van der Waals surface area (Å²) >= 11 is 5.58. The van der Waals surface area contributed by atoms with Gasteiger partial charge in [-0.1, -0.05) is 11.6 Å². The highest BCUT2D eigenvalue weighted by Crippen LogP contribution is 2.32. The van der Waals surface area contributed by atoms with Crippen molar-refractivity contribution < 1.29 is 22.7 Å². The van der Waals surface area contributed by atoms with Gasteiger partial charge in [0.15, 0.2) is 0 Å². The average molecular weight is 338 g/mol. The Morgan fingerprint density at radius 1 is 1.29 bits per heavy atom. The quantitative estimate of drug-likeness (QED) is 0.865. The molecule has 0 saturated heterocycles. The summed E-state index contributed by atoms with van der Waals surface area (Å²) in [6, 6.07) is 3.16. The molecule has 0 unspecified atom stereocenters. The minimum absolute atomic E-state index is 0.0663. The van der Waals surface area contributed by atoms with Crippen molar-refractivity contribution in [3.05, 3.63) is 29.0 Å². The first-order chi connectivity index (χ1) is 9.31. The zero-order valence-corrected chi connectivity index (χ0v) is 13.6. The molecule has 0 saturated carbocycles. The summed E-state index contributed by atoms with van der Waals surface area (Å²) < 4.78 is 40.5. The molecular formula is C13H17ClFNO4S. The van der Waals surface area contributed by atoms with E-state index in [1.807, 2.05) is 0 Å². The molecule has 0 aromatic heterocycles. The molecule has 5 nitrogen and oxygen atoms in total. The number of aliphatic carboxylic acids is 1. The second kappa shape index (κ2) is 5.55. The molecule has 1 rings (SSSR count). The predicted molar refractivity (Wildman–Crippen MR) is 77.2 cm³/mol. The van der Waals surface area contributed by atoms with Crippen LogP contribution in [0.2, 0.25) is 5.02 Å². The Morgan fingerprint density at radius 3 is 2.24 bits per heavy atom. The number of carboxylic acid groups (broad SMARTS) is 1. The standard InChI is InChI=1S/C13H17ClFNO4S/c1-12(2,11(17)18)13(3,4)16-21(19,20)10-6-5-8(14)7-9(10)15/h5-7,16H,1-4H3,(H,17,18). The van der Waals surface area contributed by atoms with Crippen molar-refractivity contribution in [3.8, 4) is 0 Å². The fourth-order valence-electron chi connectivity index (χ4n) is 1.48.